The molecule has 0 aliphatic heterocycles. The lowest BCUT2D eigenvalue weighted by Gasteiger charge is -2.10. The number of hydrogen-bond acceptors (Lipinski definition) is 3. The van der Waals surface area contributed by atoms with Crippen LogP contribution in [0.25, 0.3) is 0 Å². The number of nitrogens with one attached hydrogen (secondary N) is 1. The lowest BCUT2D eigenvalue weighted by atomic mass is 10.1. The summed E-state index contributed by atoms with van der Waals surface area (Å²) in [7, 11) is 0. The van der Waals surface area contributed by atoms with E-state index in [9.17, 15) is 4.79 Å². The maximum atomic E-state index is 11.0. The van der Waals surface area contributed by atoms with Crippen LogP contribution in [0.2, 0.25) is 0 Å². The summed E-state index contributed by atoms with van der Waals surface area (Å²) in [6, 6.07) is 26.3. The van der Waals surface area contributed by atoms with Crippen molar-refractivity contribution in [1.82, 2.24) is 0 Å². The third kappa shape index (κ3) is 4.52. The average Bonchev–Trinajstić information content (AvgIpc) is 3.54. The molecule has 0 aromatic heterocycles. The Morgan fingerprint density at radius 2 is 1.64 bits per heavy atom. The molecule has 4 nitrogen and oxygen atoms in total. The van der Waals surface area contributed by atoms with Crippen molar-refractivity contribution in [3.63, 3.8) is 0 Å². The molecule has 1 aliphatic carbocycles. The van der Waals surface area contributed by atoms with Gasteiger partial charge in [-0.3, -0.25) is 4.79 Å². The number of benzene rings is 3. The Balaban J connectivity index is 1.26. The van der Waals surface area contributed by atoms with Gasteiger partial charge in [-0.15, -0.1) is 0 Å². The van der Waals surface area contributed by atoms with E-state index in [2.05, 4.69) is 29.6 Å². The topological polar surface area (TPSA) is 58.6 Å². The van der Waals surface area contributed by atoms with Crippen LogP contribution in [0.4, 0.5) is 5.69 Å². The Kier molecular flexibility index (Phi) is 5.29. The number of anilines is 1. The second-order valence-electron chi connectivity index (χ2n) is 7.18. The van der Waals surface area contributed by atoms with Crippen LogP contribution in [0.3, 0.4) is 0 Å². The Hall–Kier alpha value is -3.27. The van der Waals surface area contributed by atoms with Gasteiger partial charge in [0.1, 0.15) is 12.4 Å². The summed E-state index contributed by atoms with van der Waals surface area (Å²) in [6.45, 7) is 1.29. The monoisotopic (exact) mass is 373 g/mol. The predicted molar refractivity (Wildman–Crippen MR) is 109 cm³/mol. The van der Waals surface area contributed by atoms with Crippen LogP contribution in [0, 0.1) is 5.92 Å². The van der Waals surface area contributed by atoms with Crippen molar-refractivity contribution >= 4 is 11.7 Å². The van der Waals surface area contributed by atoms with Crippen molar-refractivity contribution in [3.05, 3.63) is 95.6 Å². The van der Waals surface area contributed by atoms with Gasteiger partial charge in [-0.1, -0.05) is 54.6 Å². The van der Waals surface area contributed by atoms with Crippen molar-refractivity contribution in [3.8, 4) is 5.75 Å². The van der Waals surface area contributed by atoms with Crippen LogP contribution in [0.1, 0.15) is 29.0 Å². The first kappa shape index (κ1) is 18.1. The van der Waals surface area contributed by atoms with Crippen molar-refractivity contribution in [2.45, 2.75) is 25.5 Å². The molecule has 0 amide bonds. The maximum absolute atomic E-state index is 11.0. The number of hydrogen-bond donors (Lipinski definition) is 2. The molecule has 0 bridgehead atoms. The molecule has 4 heteroatoms. The van der Waals surface area contributed by atoms with Crippen LogP contribution in [0.5, 0.6) is 5.75 Å². The fourth-order valence-electron chi connectivity index (χ4n) is 3.33. The standard InChI is InChI=1S/C24H23NO3/c26-24(27)23-14-22(23)19-8-10-20(11-9-19)25-15-17-6-12-21(13-7-17)28-16-18-4-2-1-3-5-18/h1-13,22-23,25H,14-16H2,(H,26,27)/t22?,23-/m0/s1. The second kappa shape index (κ2) is 8.17. The zero-order valence-electron chi connectivity index (χ0n) is 15.5. The Morgan fingerprint density at radius 3 is 2.29 bits per heavy atom. The number of ether oxygens (including phenoxy) is 1. The smallest absolute Gasteiger partial charge is 0.307 e. The molecule has 1 aliphatic rings. The van der Waals surface area contributed by atoms with Crippen LogP contribution in [0.15, 0.2) is 78.9 Å². The predicted octanol–water partition coefficient (Wildman–Crippen LogP) is 5.07. The summed E-state index contributed by atoms with van der Waals surface area (Å²) in [5.41, 5.74) is 4.46. The highest BCUT2D eigenvalue weighted by molar-refractivity contribution is 5.75. The van der Waals surface area contributed by atoms with Gasteiger partial charge in [-0.2, -0.15) is 0 Å². The van der Waals surface area contributed by atoms with E-state index in [4.69, 9.17) is 9.84 Å². The molecule has 1 unspecified atom stereocenters. The molecule has 4 rings (SSSR count). The van der Waals surface area contributed by atoms with Crippen LogP contribution in [-0.2, 0) is 17.9 Å². The van der Waals surface area contributed by atoms with E-state index in [1.54, 1.807) is 0 Å². The molecule has 2 atom stereocenters. The van der Waals surface area contributed by atoms with E-state index in [0.29, 0.717) is 6.61 Å². The van der Waals surface area contributed by atoms with E-state index in [1.165, 1.54) is 5.56 Å². The number of carboxylic acids is 1. The van der Waals surface area contributed by atoms with Gasteiger partial charge in [0.05, 0.1) is 5.92 Å². The highest BCUT2D eigenvalue weighted by atomic mass is 16.5. The summed E-state index contributed by atoms with van der Waals surface area (Å²) in [5.74, 6) is 0.134. The highest BCUT2D eigenvalue weighted by Gasteiger charge is 2.43. The van der Waals surface area contributed by atoms with Crippen molar-refractivity contribution < 1.29 is 14.6 Å². The van der Waals surface area contributed by atoms with Gasteiger partial charge in [0.2, 0.25) is 0 Å². The lowest BCUT2D eigenvalue weighted by Crippen LogP contribution is -2.01. The Bertz CT molecular complexity index is 920. The molecule has 0 saturated heterocycles. The minimum atomic E-state index is -0.691. The molecule has 3 aromatic rings. The van der Waals surface area contributed by atoms with Crippen LogP contribution in [-0.4, -0.2) is 11.1 Å². The van der Waals surface area contributed by atoms with E-state index in [-0.39, 0.29) is 11.8 Å². The molecule has 28 heavy (non-hydrogen) atoms. The third-order valence-corrected chi connectivity index (χ3v) is 5.11. The summed E-state index contributed by atoms with van der Waals surface area (Å²) < 4.78 is 5.81. The highest BCUT2D eigenvalue weighted by Crippen LogP contribution is 2.47. The number of carbonyl (C=O) groups is 1. The van der Waals surface area contributed by atoms with E-state index >= 15 is 0 Å². The van der Waals surface area contributed by atoms with Gasteiger partial charge >= 0.3 is 5.97 Å². The molecule has 142 valence electrons. The number of rotatable bonds is 8. The molecule has 1 fully saturated rings. The van der Waals surface area contributed by atoms with Crippen molar-refractivity contribution in [2.75, 3.05) is 5.32 Å². The number of carboxylic acid groups (broad SMARTS) is 1. The van der Waals surface area contributed by atoms with Gasteiger partial charge in [-0.05, 0) is 53.3 Å². The van der Waals surface area contributed by atoms with Crippen LogP contribution < -0.4 is 10.1 Å². The van der Waals surface area contributed by atoms with Crippen molar-refractivity contribution in [2.24, 2.45) is 5.92 Å². The molecule has 2 N–H and O–H groups in total. The van der Waals surface area contributed by atoms with Gasteiger partial charge in [0.25, 0.3) is 0 Å². The quantitative estimate of drug-likeness (QED) is 0.579. The first-order valence-electron chi connectivity index (χ1n) is 9.51. The summed E-state index contributed by atoms with van der Waals surface area (Å²) in [5, 5.41) is 12.4. The van der Waals surface area contributed by atoms with Gasteiger partial charge < -0.3 is 15.2 Å². The fraction of sp³-hybridized carbons (Fsp3) is 0.208. The lowest BCUT2D eigenvalue weighted by molar-refractivity contribution is -0.138. The zero-order chi connectivity index (χ0) is 19.3. The molecule has 0 radical (unpaired) electrons. The SMILES string of the molecule is O=C(O)[C@H]1CC1c1ccc(NCc2ccc(OCc3ccccc3)cc2)cc1. The van der Waals surface area contributed by atoms with Crippen LogP contribution >= 0.6 is 0 Å². The van der Waals surface area contributed by atoms with Gasteiger partial charge in [-0.25, -0.2) is 0 Å². The minimum absolute atomic E-state index is 0.176. The molecular weight excluding hydrogens is 350 g/mol. The van der Waals surface area contributed by atoms with Crippen molar-refractivity contribution in [1.29, 1.82) is 0 Å². The first-order chi connectivity index (χ1) is 13.7. The van der Waals surface area contributed by atoms with E-state index in [1.807, 2.05) is 54.6 Å². The normalized spacial score (nSPS) is 17.7. The third-order valence-electron chi connectivity index (χ3n) is 5.11. The van der Waals surface area contributed by atoms with E-state index < -0.39 is 5.97 Å². The molecular formula is C24H23NO3. The Labute approximate surface area is 164 Å². The second-order valence-corrected chi connectivity index (χ2v) is 7.18. The molecule has 3 aromatic carbocycles. The van der Waals surface area contributed by atoms with Gasteiger partial charge in [0.15, 0.2) is 0 Å². The van der Waals surface area contributed by atoms with Gasteiger partial charge in [0, 0.05) is 12.2 Å². The first-order valence-corrected chi connectivity index (χ1v) is 9.51. The Morgan fingerprint density at radius 1 is 0.929 bits per heavy atom. The largest absolute Gasteiger partial charge is 0.489 e. The minimum Gasteiger partial charge on any atom is -0.489 e. The average molecular weight is 373 g/mol. The maximum Gasteiger partial charge on any atom is 0.307 e. The van der Waals surface area contributed by atoms with E-state index in [0.717, 1.165) is 35.5 Å². The molecule has 1 saturated carbocycles. The summed E-state index contributed by atoms with van der Waals surface area (Å²) in [6.07, 6.45) is 0.751. The zero-order valence-corrected chi connectivity index (χ0v) is 15.5. The summed E-state index contributed by atoms with van der Waals surface area (Å²) >= 11 is 0. The fourth-order valence-corrected chi connectivity index (χ4v) is 3.33. The number of aliphatic carboxylic acids is 1. The summed E-state index contributed by atoms with van der Waals surface area (Å²) in [4.78, 5) is 11.0. The molecule has 0 spiro atoms. The molecule has 0 heterocycles.